The molecular formula is C18H27N. The van der Waals surface area contributed by atoms with Crippen LogP contribution in [0.4, 0.5) is 0 Å². The van der Waals surface area contributed by atoms with Gasteiger partial charge in [0.25, 0.3) is 0 Å². The van der Waals surface area contributed by atoms with E-state index < -0.39 is 0 Å². The fourth-order valence-corrected chi connectivity index (χ4v) is 4.07. The monoisotopic (exact) mass is 257 g/mol. The molecule has 0 atom stereocenters. The Labute approximate surface area is 118 Å². The normalized spacial score (nSPS) is 23.6. The van der Waals surface area contributed by atoms with Crippen molar-refractivity contribution in [3.8, 4) is 0 Å². The highest BCUT2D eigenvalue weighted by atomic mass is 15.2. The Morgan fingerprint density at radius 2 is 1.58 bits per heavy atom. The van der Waals surface area contributed by atoms with Gasteiger partial charge in [-0.3, -0.25) is 0 Å². The van der Waals surface area contributed by atoms with Crippen LogP contribution in [0.1, 0.15) is 62.0 Å². The third-order valence-electron chi connectivity index (χ3n) is 5.25. The highest BCUT2D eigenvalue weighted by Crippen LogP contribution is 2.33. The number of likely N-dealkylation sites (tertiary alicyclic amines) is 1. The molecule has 1 saturated heterocycles. The largest absolute Gasteiger partial charge is 0.300 e. The zero-order chi connectivity index (χ0) is 13.1. The van der Waals surface area contributed by atoms with E-state index in [0.717, 1.165) is 12.0 Å². The van der Waals surface area contributed by atoms with Crippen LogP contribution in [0, 0.1) is 6.92 Å². The van der Waals surface area contributed by atoms with Gasteiger partial charge in [-0.15, -0.1) is 0 Å². The minimum absolute atomic E-state index is 0.807. The number of rotatable bonds is 2. The predicted molar refractivity (Wildman–Crippen MR) is 81.6 cm³/mol. The van der Waals surface area contributed by atoms with Crippen molar-refractivity contribution in [2.75, 3.05) is 13.1 Å². The van der Waals surface area contributed by atoms with Crippen molar-refractivity contribution in [3.05, 3.63) is 35.4 Å². The minimum atomic E-state index is 0.807. The Hall–Kier alpha value is -0.820. The summed E-state index contributed by atoms with van der Waals surface area (Å²) < 4.78 is 0. The SMILES string of the molecule is Cc1ccccc1C1CCN(C2CCCCC2)CC1. The lowest BCUT2D eigenvalue weighted by molar-refractivity contribution is 0.122. The zero-order valence-corrected chi connectivity index (χ0v) is 12.3. The maximum Gasteiger partial charge on any atom is 0.00952 e. The van der Waals surface area contributed by atoms with Gasteiger partial charge in [-0.1, -0.05) is 43.5 Å². The standard InChI is InChI=1S/C18H27N/c1-15-7-5-6-10-18(15)16-11-13-19(14-12-16)17-8-3-2-4-9-17/h5-7,10,16-17H,2-4,8-9,11-14H2,1H3. The molecule has 1 aliphatic heterocycles. The van der Waals surface area contributed by atoms with E-state index in [1.54, 1.807) is 5.56 Å². The van der Waals surface area contributed by atoms with Crippen LogP contribution in [0.25, 0.3) is 0 Å². The van der Waals surface area contributed by atoms with Crippen molar-refractivity contribution >= 4 is 0 Å². The van der Waals surface area contributed by atoms with Crippen LogP contribution >= 0.6 is 0 Å². The molecule has 19 heavy (non-hydrogen) atoms. The third-order valence-corrected chi connectivity index (χ3v) is 5.25. The fourth-order valence-electron chi connectivity index (χ4n) is 4.07. The van der Waals surface area contributed by atoms with Crippen molar-refractivity contribution in [3.63, 3.8) is 0 Å². The van der Waals surface area contributed by atoms with E-state index >= 15 is 0 Å². The molecule has 0 aromatic heterocycles. The quantitative estimate of drug-likeness (QED) is 0.753. The van der Waals surface area contributed by atoms with E-state index in [9.17, 15) is 0 Å². The summed E-state index contributed by atoms with van der Waals surface area (Å²) in [5.41, 5.74) is 3.09. The van der Waals surface area contributed by atoms with Crippen LogP contribution in [0.5, 0.6) is 0 Å². The van der Waals surface area contributed by atoms with Gasteiger partial charge in [0, 0.05) is 6.04 Å². The van der Waals surface area contributed by atoms with Gasteiger partial charge < -0.3 is 4.90 Å². The molecule has 104 valence electrons. The van der Waals surface area contributed by atoms with Crippen molar-refractivity contribution < 1.29 is 0 Å². The summed E-state index contributed by atoms with van der Waals surface area (Å²) >= 11 is 0. The minimum Gasteiger partial charge on any atom is -0.300 e. The number of hydrogen-bond acceptors (Lipinski definition) is 1. The van der Waals surface area contributed by atoms with Crippen molar-refractivity contribution in [1.82, 2.24) is 4.90 Å². The van der Waals surface area contributed by atoms with E-state index in [-0.39, 0.29) is 0 Å². The Morgan fingerprint density at radius 1 is 0.895 bits per heavy atom. The maximum atomic E-state index is 2.79. The first-order valence-electron chi connectivity index (χ1n) is 8.14. The summed E-state index contributed by atoms with van der Waals surface area (Å²) in [6.07, 6.45) is 10.0. The number of benzene rings is 1. The second-order valence-corrected chi connectivity index (χ2v) is 6.46. The van der Waals surface area contributed by atoms with Gasteiger partial charge in [0.05, 0.1) is 0 Å². The second-order valence-electron chi connectivity index (χ2n) is 6.46. The molecular weight excluding hydrogens is 230 g/mol. The molecule has 0 N–H and O–H groups in total. The molecule has 1 heteroatoms. The molecule has 1 aromatic carbocycles. The molecule has 0 radical (unpaired) electrons. The lowest BCUT2D eigenvalue weighted by Crippen LogP contribution is -2.41. The molecule has 0 unspecified atom stereocenters. The zero-order valence-electron chi connectivity index (χ0n) is 12.3. The Balaban J connectivity index is 1.58. The van der Waals surface area contributed by atoms with Crippen LogP contribution in [0.3, 0.4) is 0 Å². The highest BCUT2D eigenvalue weighted by Gasteiger charge is 2.27. The Kier molecular flexibility index (Phi) is 4.22. The molecule has 0 spiro atoms. The van der Waals surface area contributed by atoms with Gasteiger partial charge >= 0.3 is 0 Å². The summed E-state index contributed by atoms with van der Waals surface area (Å²) in [5.74, 6) is 0.807. The highest BCUT2D eigenvalue weighted by molar-refractivity contribution is 5.29. The van der Waals surface area contributed by atoms with E-state index in [2.05, 4.69) is 36.1 Å². The summed E-state index contributed by atoms with van der Waals surface area (Å²) in [7, 11) is 0. The number of piperidine rings is 1. The van der Waals surface area contributed by atoms with Gasteiger partial charge in [0.2, 0.25) is 0 Å². The van der Waals surface area contributed by atoms with Gasteiger partial charge in [0.15, 0.2) is 0 Å². The van der Waals surface area contributed by atoms with Crippen molar-refractivity contribution in [2.24, 2.45) is 0 Å². The number of hydrogen-bond donors (Lipinski definition) is 0. The number of nitrogens with zero attached hydrogens (tertiary/aromatic N) is 1. The smallest absolute Gasteiger partial charge is 0.00952 e. The molecule has 0 bridgehead atoms. The van der Waals surface area contributed by atoms with E-state index in [0.29, 0.717) is 0 Å². The van der Waals surface area contributed by atoms with Crippen LogP contribution < -0.4 is 0 Å². The Bertz CT molecular complexity index is 398. The molecule has 1 aliphatic carbocycles. The first-order chi connectivity index (χ1) is 9.34. The predicted octanol–water partition coefficient (Wildman–Crippen LogP) is 4.51. The first kappa shape index (κ1) is 13.2. The Morgan fingerprint density at radius 3 is 2.26 bits per heavy atom. The van der Waals surface area contributed by atoms with E-state index in [1.807, 2.05) is 0 Å². The molecule has 1 nitrogen and oxygen atoms in total. The van der Waals surface area contributed by atoms with Gasteiger partial charge in [-0.05, 0) is 62.7 Å². The summed E-state index contributed by atoms with van der Waals surface area (Å²) in [4.78, 5) is 2.79. The first-order valence-corrected chi connectivity index (χ1v) is 8.14. The molecule has 3 rings (SSSR count). The molecule has 1 saturated carbocycles. The van der Waals surface area contributed by atoms with Crippen LogP contribution in [0.15, 0.2) is 24.3 Å². The van der Waals surface area contributed by atoms with Crippen molar-refractivity contribution in [1.29, 1.82) is 0 Å². The van der Waals surface area contributed by atoms with Gasteiger partial charge in [-0.25, -0.2) is 0 Å². The second kappa shape index (κ2) is 6.09. The summed E-state index contributed by atoms with van der Waals surface area (Å²) in [5, 5.41) is 0. The topological polar surface area (TPSA) is 3.24 Å². The third kappa shape index (κ3) is 3.02. The fraction of sp³-hybridized carbons (Fsp3) is 0.667. The van der Waals surface area contributed by atoms with E-state index in [4.69, 9.17) is 0 Å². The summed E-state index contributed by atoms with van der Waals surface area (Å²) in [6, 6.07) is 9.89. The molecule has 0 amide bonds. The molecule has 2 aliphatic rings. The van der Waals surface area contributed by atoms with Crippen LogP contribution in [0.2, 0.25) is 0 Å². The van der Waals surface area contributed by atoms with Crippen LogP contribution in [-0.4, -0.2) is 24.0 Å². The lowest BCUT2D eigenvalue weighted by atomic mass is 9.85. The van der Waals surface area contributed by atoms with Crippen LogP contribution in [-0.2, 0) is 0 Å². The average molecular weight is 257 g/mol. The maximum absolute atomic E-state index is 2.79. The lowest BCUT2D eigenvalue weighted by Gasteiger charge is -2.39. The van der Waals surface area contributed by atoms with Gasteiger partial charge in [0.1, 0.15) is 0 Å². The average Bonchev–Trinajstić information content (AvgIpc) is 2.49. The number of aryl methyl sites for hydroxylation is 1. The van der Waals surface area contributed by atoms with Gasteiger partial charge in [-0.2, -0.15) is 0 Å². The van der Waals surface area contributed by atoms with Crippen molar-refractivity contribution in [2.45, 2.75) is 63.8 Å². The summed E-state index contributed by atoms with van der Waals surface area (Å²) in [6.45, 7) is 4.91. The molecule has 1 heterocycles. The molecule has 1 aromatic rings. The van der Waals surface area contributed by atoms with E-state index in [1.165, 1.54) is 63.6 Å². The molecule has 2 fully saturated rings.